The molecule has 2 N–H and O–H groups in total. The van der Waals surface area contributed by atoms with Crippen molar-refractivity contribution in [3.05, 3.63) is 29.3 Å². The van der Waals surface area contributed by atoms with Gasteiger partial charge in [-0.25, -0.2) is 0 Å². The molecule has 0 aliphatic rings. The number of hydrogen-bond donors (Lipinski definition) is 1. The van der Waals surface area contributed by atoms with Crippen LogP contribution in [0.3, 0.4) is 0 Å². The van der Waals surface area contributed by atoms with Gasteiger partial charge >= 0.3 is 0 Å². The van der Waals surface area contributed by atoms with Gasteiger partial charge in [-0.15, -0.1) is 0 Å². The van der Waals surface area contributed by atoms with Gasteiger partial charge in [-0.1, -0.05) is 19.9 Å². The molecule has 3 nitrogen and oxygen atoms in total. The summed E-state index contributed by atoms with van der Waals surface area (Å²) in [5, 5.41) is 0. The number of nitrogens with zero attached hydrogens (tertiary/aromatic N) is 1. The van der Waals surface area contributed by atoms with Crippen molar-refractivity contribution in [3.63, 3.8) is 0 Å². The zero-order valence-corrected chi connectivity index (χ0v) is 12.0. The molecule has 0 radical (unpaired) electrons. The summed E-state index contributed by atoms with van der Waals surface area (Å²) in [6.07, 6.45) is 0. The van der Waals surface area contributed by atoms with Gasteiger partial charge in [0.25, 0.3) is 5.91 Å². The van der Waals surface area contributed by atoms with E-state index in [0.29, 0.717) is 17.2 Å². The Morgan fingerprint density at radius 2 is 1.89 bits per heavy atom. The first kappa shape index (κ1) is 14.6. The topological polar surface area (TPSA) is 46.3 Å². The molecular formula is C15H24N2O. The third-order valence-corrected chi connectivity index (χ3v) is 2.94. The number of nitrogens with two attached hydrogens (primary N) is 1. The molecule has 100 valence electrons. The van der Waals surface area contributed by atoms with Crippen molar-refractivity contribution in [2.75, 3.05) is 12.3 Å². The van der Waals surface area contributed by atoms with Crippen LogP contribution in [0.2, 0.25) is 0 Å². The highest BCUT2D eigenvalue weighted by molar-refractivity contribution is 5.96. The predicted molar refractivity (Wildman–Crippen MR) is 76.6 cm³/mol. The summed E-state index contributed by atoms with van der Waals surface area (Å²) in [7, 11) is 0. The standard InChI is InChI=1S/C15H24N2O/c1-10(2)9-17(11(3)4)15(18)14-8-13(16)7-6-12(14)5/h6-8,10-11H,9,16H2,1-5H3. The van der Waals surface area contributed by atoms with Gasteiger partial charge in [-0.3, -0.25) is 4.79 Å². The first-order valence-electron chi connectivity index (χ1n) is 6.50. The van der Waals surface area contributed by atoms with Gasteiger partial charge in [0.15, 0.2) is 0 Å². The van der Waals surface area contributed by atoms with Crippen molar-refractivity contribution in [2.24, 2.45) is 5.92 Å². The molecule has 1 aromatic carbocycles. The smallest absolute Gasteiger partial charge is 0.254 e. The molecule has 1 amide bonds. The maximum Gasteiger partial charge on any atom is 0.254 e. The van der Waals surface area contributed by atoms with Crippen LogP contribution in [0.15, 0.2) is 18.2 Å². The Kier molecular flexibility index (Phi) is 4.76. The highest BCUT2D eigenvalue weighted by atomic mass is 16.2. The fourth-order valence-corrected chi connectivity index (χ4v) is 1.95. The Morgan fingerprint density at radius 1 is 1.28 bits per heavy atom. The SMILES string of the molecule is Cc1ccc(N)cc1C(=O)N(CC(C)C)C(C)C. The third kappa shape index (κ3) is 3.49. The van der Waals surface area contributed by atoms with E-state index in [4.69, 9.17) is 5.73 Å². The molecule has 0 aliphatic heterocycles. The molecule has 0 aromatic heterocycles. The molecular weight excluding hydrogens is 224 g/mol. The van der Waals surface area contributed by atoms with Crippen LogP contribution >= 0.6 is 0 Å². The lowest BCUT2D eigenvalue weighted by Crippen LogP contribution is -2.39. The Balaban J connectivity index is 3.05. The largest absolute Gasteiger partial charge is 0.399 e. The van der Waals surface area contributed by atoms with Gasteiger partial charge in [0, 0.05) is 23.8 Å². The van der Waals surface area contributed by atoms with E-state index < -0.39 is 0 Å². The molecule has 1 rings (SSSR count). The number of hydrogen-bond acceptors (Lipinski definition) is 2. The number of carbonyl (C=O) groups is 1. The second-order valence-corrected chi connectivity index (χ2v) is 5.52. The fourth-order valence-electron chi connectivity index (χ4n) is 1.95. The average molecular weight is 248 g/mol. The number of benzene rings is 1. The Labute approximate surface area is 110 Å². The van der Waals surface area contributed by atoms with Crippen LogP contribution < -0.4 is 5.73 Å². The number of anilines is 1. The number of amides is 1. The zero-order chi connectivity index (χ0) is 13.9. The highest BCUT2D eigenvalue weighted by Gasteiger charge is 2.21. The van der Waals surface area contributed by atoms with Gasteiger partial charge in [0.1, 0.15) is 0 Å². The lowest BCUT2D eigenvalue weighted by molar-refractivity contribution is 0.0681. The van der Waals surface area contributed by atoms with Gasteiger partial charge in [0.2, 0.25) is 0 Å². The minimum absolute atomic E-state index is 0.0727. The van der Waals surface area contributed by atoms with Crippen LogP contribution in [0.4, 0.5) is 5.69 Å². The van der Waals surface area contributed by atoms with Gasteiger partial charge in [0.05, 0.1) is 0 Å². The van der Waals surface area contributed by atoms with Crippen LogP contribution in [0.5, 0.6) is 0 Å². The summed E-state index contributed by atoms with van der Waals surface area (Å²) in [6.45, 7) is 11.0. The predicted octanol–water partition coefficient (Wildman–Crippen LogP) is 3.08. The van der Waals surface area contributed by atoms with Crippen LogP contribution in [0.25, 0.3) is 0 Å². The number of nitrogen functional groups attached to an aromatic ring is 1. The molecule has 0 heterocycles. The molecule has 0 bridgehead atoms. The Morgan fingerprint density at radius 3 is 2.39 bits per heavy atom. The van der Waals surface area contributed by atoms with Crippen molar-refractivity contribution in [1.29, 1.82) is 0 Å². The first-order chi connectivity index (χ1) is 8.32. The molecule has 0 aliphatic carbocycles. The minimum Gasteiger partial charge on any atom is -0.399 e. The lowest BCUT2D eigenvalue weighted by Gasteiger charge is -2.29. The van der Waals surface area contributed by atoms with Crippen LogP contribution in [0, 0.1) is 12.8 Å². The van der Waals surface area contributed by atoms with Crippen molar-refractivity contribution in [2.45, 2.75) is 40.7 Å². The molecule has 0 atom stereocenters. The summed E-state index contributed by atoms with van der Waals surface area (Å²) in [4.78, 5) is 14.5. The van der Waals surface area contributed by atoms with E-state index in [9.17, 15) is 4.79 Å². The average Bonchev–Trinajstić information content (AvgIpc) is 2.27. The monoisotopic (exact) mass is 248 g/mol. The minimum atomic E-state index is 0.0727. The van der Waals surface area contributed by atoms with Crippen molar-refractivity contribution < 1.29 is 4.79 Å². The molecule has 0 spiro atoms. The first-order valence-corrected chi connectivity index (χ1v) is 6.50. The maximum absolute atomic E-state index is 12.6. The van der Waals surface area contributed by atoms with E-state index in [1.807, 2.05) is 37.8 Å². The molecule has 0 saturated carbocycles. The van der Waals surface area contributed by atoms with Gasteiger partial charge < -0.3 is 10.6 Å². The van der Waals surface area contributed by atoms with E-state index in [0.717, 1.165) is 12.1 Å². The van der Waals surface area contributed by atoms with Crippen LogP contribution in [0.1, 0.15) is 43.6 Å². The number of aryl methyl sites for hydroxylation is 1. The van der Waals surface area contributed by atoms with E-state index >= 15 is 0 Å². The highest BCUT2D eigenvalue weighted by Crippen LogP contribution is 2.17. The molecule has 3 heteroatoms. The maximum atomic E-state index is 12.6. The molecule has 18 heavy (non-hydrogen) atoms. The summed E-state index contributed by atoms with van der Waals surface area (Å²) in [6, 6.07) is 5.69. The van der Waals surface area contributed by atoms with E-state index in [1.165, 1.54) is 0 Å². The molecule has 1 aromatic rings. The van der Waals surface area contributed by atoms with Crippen LogP contribution in [-0.2, 0) is 0 Å². The quantitative estimate of drug-likeness (QED) is 0.832. The zero-order valence-electron chi connectivity index (χ0n) is 12.0. The summed E-state index contributed by atoms with van der Waals surface area (Å²) in [5.74, 6) is 0.529. The third-order valence-electron chi connectivity index (χ3n) is 2.94. The molecule has 0 fully saturated rings. The van der Waals surface area contributed by atoms with E-state index in [1.54, 1.807) is 6.07 Å². The molecule has 0 saturated heterocycles. The molecule has 0 unspecified atom stereocenters. The number of rotatable bonds is 4. The van der Waals surface area contributed by atoms with E-state index in [-0.39, 0.29) is 11.9 Å². The number of carbonyl (C=O) groups excluding carboxylic acids is 1. The second-order valence-electron chi connectivity index (χ2n) is 5.52. The Bertz CT molecular complexity index is 425. The van der Waals surface area contributed by atoms with E-state index in [2.05, 4.69) is 13.8 Å². The van der Waals surface area contributed by atoms with Crippen LogP contribution in [-0.4, -0.2) is 23.4 Å². The van der Waals surface area contributed by atoms with Crippen molar-refractivity contribution >= 4 is 11.6 Å². The lowest BCUT2D eigenvalue weighted by atomic mass is 10.0. The summed E-state index contributed by atoms with van der Waals surface area (Å²) in [5.41, 5.74) is 8.10. The second kappa shape index (κ2) is 5.89. The van der Waals surface area contributed by atoms with Crippen molar-refractivity contribution in [1.82, 2.24) is 4.90 Å². The summed E-state index contributed by atoms with van der Waals surface area (Å²) >= 11 is 0. The summed E-state index contributed by atoms with van der Waals surface area (Å²) < 4.78 is 0. The van der Waals surface area contributed by atoms with Gasteiger partial charge in [-0.2, -0.15) is 0 Å². The fraction of sp³-hybridized carbons (Fsp3) is 0.533. The van der Waals surface area contributed by atoms with Gasteiger partial charge in [-0.05, 0) is 44.4 Å². The normalized spacial score (nSPS) is 11.1. The van der Waals surface area contributed by atoms with Crippen molar-refractivity contribution in [3.8, 4) is 0 Å². The Hall–Kier alpha value is -1.51.